The molecule has 1 aliphatic heterocycles. The first kappa shape index (κ1) is 24.0. The minimum Gasteiger partial charge on any atom is -0.388 e. The van der Waals surface area contributed by atoms with Crippen LogP contribution in [0.3, 0.4) is 0 Å². The highest BCUT2D eigenvalue weighted by Gasteiger charge is 2.28. The van der Waals surface area contributed by atoms with Crippen LogP contribution < -0.4 is 10.0 Å². The third kappa shape index (κ3) is 4.86. The number of Topliss-reactive ketones (excluding diaryl/α,β-unsaturated/α-hetero) is 1. The van der Waals surface area contributed by atoms with Gasteiger partial charge in [-0.05, 0) is 66.9 Å². The SMILES string of the molecule is Cc1ccc(NS(=O)(=O)c2ccc3c(c2)[C@@H](O)CC(c2cccc(C(=O)C(C)C)c2)N3)cc1C. The molecule has 6 nitrogen and oxygen atoms in total. The molecule has 0 aromatic heterocycles. The minimum atomic E-state index is -3.82. The van der Waals surface area contributed by atoms with Crippen molar-refractivity contribution in [3.63, 3.8) is 0 Å². The predicted molar refractivity (Wildman–Crippen MR) is 135 cm³/mol. The van der Waals surface area contributed by atoms with E-state index in [2.05, 4.69) is 10.0 Å². The molecule has 0 saturated carbocycles. The van der Waals surface area contributed by atoms with Crippen LogP contribution in [0.25, 0.3) is 0 Å². The summed E-state index contributed by atoms with van der Waals surface area (Å²) >= 11 is 0. The van der Waals surface area contributed by atoms with E-state index in [1.54, 1.807) is 24.3 Å². The molecule has 1 unspecified atom stereocenters. The maximum atomic E-state index is 13.0. The van der Waals surface area contributed by atoms with Crippen LogP contribution in [0.2, 0.25) is 0 Å². The minimum absolute atomic E-state index is 0.0738. The van der Waals surface area contributed by atoms with Gasteiger partial charge in [0.05, 0.1) is 17.0 Å². The second-order valence-corrected chi connectivity index (χ2v) is 10.9. The van der Waals surface area contributed by atoms with Crippen LogP contribution in [-0.4, -0.2) is 19.3 Å². The molecule has 0 amide bonds. The standard InChI is InChI=1S/C27H30N2O4S/c1-16(2)27(31)20-7-5-6-19(13-20)25-15-26(30)23-14-22(10-11-24(23)28-25)34(32,33)29-21-9-8-17(3)18(4)12-21/h5-14,16,25-26,28-30H,15H2,1-4H3/t25?,26-/m0/s1. The second-order valence-electron chi connectivity index (χ2n) is 9.25. The summed E-state index contributed by atoms with van der Waals surface area (Å²) in [6, 6.07) is 17.4. The average Bonchev–Trinajstić information content (AvgIpc) is 2.80. The Morgan fingerprint density at radius 3 is 2.50 bits per heavy atom. The van der Waals surface area contributed by atoms with Crippen LogP contribution in [0.15, 0.2) is 65.6 Å². The van der Waals surface area contributed by atoms with Crippen molar-refractivity contribution in [2.45, 2.75) is 51.2 Å². The lowest BCUT2D eigenvalue weighted by Gasteiger charge is -2.31. The van der Waals surface area contributed by atoms with Crippen molar-refractivity contribution in [1.82, 2.24) is 0 Å². The number of fused-ring (bicyclic) bond motifs is 1. The second kappa shape index (κ2) is 9.24. The van der Waals surface area contributed by atoms with Crippen molar-refractivity contribution in [2.75, 3.05) is 10.0 Å². The number of rotatable bonds is 6. The van der Waals surface area contributed by atoms with E-state index in [1.807, 2.05) is 52.0 Å². The molecule has 0 radical (unpaired) electrons. The highest BCUT2D eigenvalue weighted by molar-refractivity contribution is 7.92. The molecule has 3 aromatic rings. The molecule has 0 spiro atoms. The summed E-state index contributed by atoms with van der Waals surface area (Å²) in [6.07, 6.45) is -0.483. The first-order chi connectivity index (χ1) is 16.0. The normalized spacial score (nSPS) is 17.7. The molecule has 34 heavy (non-hydrogen) atoms. The van der Waals surface area contributed by atoms with Gasteiger partial charge in [0.15, 0.2) is 5.78 Å². The average molecular weight is 479 g/mol. The van der Waals surface area contributed by atoms with Gasteiger partial charge < -0.3 is 10.4 Å². The van der Waals surface area contributed by atoms with E-state index in [0.29, 0.717) is 28.9 Å². The number of sulfonamides is 1. The fraction of sp³-hybridized carbons (Fsp3) is 0.296. The molecule has 3 N–H and O–H groups in total. The van der Waals surface area contributed by atoms with E-state index < -0.39 is 16.1 Å². The Morgan fingerprint density at radius 2 is 1.79 bits per heavy atom. The highest BCUT2D eigenvalue weighted by Crippen LogP contribution is 2.40. The van der Waals surface area contributed by atoms with Crippen LogP contribution in [-0.2, 0) is 10.0 Å². The molecule has 1 heterocycles. The lowest BCUT2D eigenvalue weighted by Crippen LogP contribution is -2.23. The third-order valence-electron chi connectivity index (χ3n) is 6.34. The van der Waals surface area contributed by atoms with Crippen LogP contribution in [0.5, 0.6) is 0 Å². The molecule has 0 saturated heterocycles. The smallest absolute Gasteiger partial charge is 0.261 e. The Labute approximate surface area is 201 Å². The Kier molecular flexibility index (Phi) is 6.51. The fourth-order valence-corrected chi connectivity index (χ4v) is 5.28. The predicted octanol–water partition coefficient (Wildman–Crippen LogP) is 5.53. The number of nitrogens with one attached hydrogen (secondary N) is 2. The number of carbonyl (C=O) groups excluding carboxylic acids is 1. The molecular formula is C27H30N2O4S. The van der Waals surface area contributed by atoms with E-state index in [4.69, 9.17) is 0 Å². The van der Waals surface area contributed by atoms with Crippen molar-refractivity contribution < 1.29 is 18.3 Å². The number of carbonyl (C=O) groups is 1. The first-order valence-electron chi connectivity index (χ1n) is 11.4. The number of aliphatic hydroxyl groups excluding tert-OH is 1. The van der Waals surface area contributed by atoms with Crippen LogP contribution in [0.1, 0.15) is 65.0 Å². The Bertz CT molecular complexity index is 1350. The third-order valence-corrected chi connectivity index (χ3v) is 7.72. The van der Waals surface area contributed by atoms with Crippen molar-refractivity contribution in [1.29, 1.82) is 0 Å². The van der Waals surface area contributed by atoms with Crippen LogP contribution in [0.4, 0.5) is 11.4 Å². The van der Waals surface area contributed by atoms with Gasteiger partial charge in [0.25, 0.3) is 10.0 Å². The van der Waals surface area contributed by atoms with Crippen molar-refractivity contribution in [3.8, 4) is 0 Å². The summed E-state index contributed by atoms with van der Waals surface area (Å²) in [5.41, 5.74) is 5.34. The van der Waals surface area contributed by atoms with Crippen molar-refractivity contribution in [3.05, 3.63) is 88.5 Å². The monoisotopic (exact) mass is 478 g/mol. The molecule has 3 aromatic carbocycles. The van der Waals surface area contributed by atoms with Crippen molar-refractivity contribution >= 4 is 27.2 Å². The molecule has 0 fully saturated rings. The Balaban J connectivity index is 1.58. The summed E-state index contributed by atoms with van der Waals surface area (Å²) < 4.78 is 28.6. The maximum Gasteiger partial charge on any atom is 0.261 e. The van der Waals surface area contributed by atoms with E-state index in [1.165, 1.54) is 12.1 Å². The van der Waals surface area contributed by atoms with Gasteiger partial charge >= 0.3 is 0 Å². The topological polar surface area (TPSA) is 95.5 Å². The summed E-state index contributed by atoms with van der Waals surface area (Å²) in [4.78, 5) is 12.5. The van der Waals surface area contributed by atoms with Gasteiger partial charge in [-0.15, -0.1) is 0 Å². The largest absolute Gasteiger partial charge is 0.388 e. The van der Waals surface area contributed by atoms with Crippen molar-refractivity contribution in [2.24, 2.45) is 5.92 Å². The van der Waals surface area contributed by atoms with E-state index in [0.717, 1.165) is 16.7 Å². The zero-order valence-corrected chi connectivity index (χ0v) is 20.6. The summed E-state index contributed by atoms with van der Waals surface area (Å²) in [6.45, 7) is 7.64. The molecule has 4 rings (SSSR count). The lowest BCUT2D eigenvalue weighted by atomic mass is 9.89. The molecule has 0 bridgehead atoms. The molecule has 178 valence electrons. The number of aryl methyl sites for hydroxylation is 2. The summed E-state index contributed by atoms with van der Waals surface area (Å²) in [5.74, 6) is -0.0246. The van der Waals surface area contributed by atoms with Gasteiger partial charge in [0, 0.05) is 34.8 Å². The van der Waals surface area contributed by atoms with Gasteiger partial charge in [0.1, 0.15) is 0 Å². The van der Waals surface area contributed by atoms with Crippen LogP contribution >= 0.6 is 0 Å². The van der Waals surface area contributed by atoms with Gasteiger partial charge in [-0.2, -0.15) is 0 Å². The van der Waals surface area contributed by atoms with E-state index >= 15 is 0 Å². The summed E-state index contributed by atoms with van der Waals surface area (Å²) in [7, 11) is -3.82. The van der Waals surface area contributed by atoms with Gasteiger partial charge in [0.2, 0.25) is 0 Å². The van der Waals surface area contributed by atoms with E-state index in [9.17, 15) is 18.3 Å². The number of ketones is 1. The molecule has 0 aliphatic carbocycles. The van der Waals surface area contributed by atoms with Crippen LogP contribution in [0, 0.1) is 19.8 Å². The number of anilines is 2. The van der Waals surface area contributed by atoms with Gasteiger partial charge in [-0.3, -0.25) is 9.52 Å². The summed E-state index contributed by atoms with van der Waals surface area (Å²) in [5, 5.41) is 14.3. The molecule has 7 heteroatoms. The number of hydrogen-bond acceptors (Lipinski definition) is 5. The zero-order chi connectivity index (χ0) is 24.6. The first-order valence-corrected chi connectivity index (χ1v) is 12.9. The van der Waals surface area contributed by atoms with Gasteiger partial charge in [-0.1, -0.05) is 38.1 Å². The Morgan fingerprint density at radius 1 is 1.03 bits per heavy atom. The molecule has 1 aliphatic rings. The number of aliphatic hydroxyl groups is 1. The number of hydrogen-bond donors (Lipinski definition) is 3. The maximum absolute atomic E-state index is 13.0. The highest BCUT2D eigenvalue weighted by atomic mass is 32.2. The fourth-order valence-electron chi connectivity index (χ4n) is 4.19. The van der Waals surface area contributed by atoms with E-state index in [-0.39, 0.29) is 22.6 Å². The molecular weight excluding hydrogens is 448 g/mol. The Hall–Kier alpha value is -3.16. The zero-order valence-electron chi connectivity index (χ0n) is 19.8. The molecule has 2 atom stereocenters. The lowest BCUT2D eigenvalue weighted by molar-refractivity contribution is 0.0939. The van der Waals surface area contributed by atoms with Gasteiger partial charge in [-0.25, -0.2) is 8.42 Å². The number of benzene rings is 3. The quantitative estimate of drug-likeness (QED) is 0.405.